The second kappa shape index (κ2) is 6.83. The molecular weight excluding hydrogens is 312 g/mol. The molecule has 0 saturated heterocycles. The van der Waals surface area contributed by atoms with Crippen LogP contribution in [-0.4, -0.2) is 27.9 Å². The smallest absolute Gasteiger partial charge is 0.175 e. The second-order valence-electron chi connectivity index (χ2n) is 4.39. The van der Waals surface area contributed by atoms with Gasteiger partial charge in [0.2, 0.25) is 0 Å². The fourth-order valence-corrected chi connectivity index (χ4v) is 2.39. The van der Waals surface area contributed by atoms with Crippen LogP contribution in [0.3, 0.4) is 0 Å². The Bertz CT molecular complexity index is 679. The molecule has 0 radical (unpaired) electrons. The molecule has 6 heteroatoms. The molecule has 0 aromatic heterocycles. The van der Waals surface area contributed by atoms with Crippen molar-refractivity contribution in [1.29, 1.82) is 0 Å². The van der Waals surface area contributed by atoms with Crippen LogP contribution in [0.2, 0.25) is 5.02 Å². The SMILES string of the molecule is CS(=O)(=O)c1ccc(OCCOc2ccc(Cl)cc2)cc1. The van der Waals surface area contributed by atoms with Gasteiger partial charge in [-0.1, -0.05) is 11.6 Å². The third-order valence-corrected chi connectivity index (χ3v) is 4.07. The maximum absolute atomic E-state index is 11.3. The molecule has 0 aliphatic heterocycles. The summed E-state index contributed by atoms with van der Waals surface area (Å²) in [5, 5.41) is 0.657. The minimum atomic E-state index is -3.18. The summed E-state index contributed by atoms with van der Waals surface area (Å²) < 4.78 is 33.6. The number of hydrogen-bond acceptors (Lipinski definition) is 4. The van der Waals surface area contributed by atoms with Gasteiger partial charge in [0, 0.05) is 11.3 Å². The van der Waals surface area contributed by atoms with E-state index in [-0.39, 0.29) is 4.90 Å². The van der Waals surface area contributed by atoms with Crippen LogP contribution in [0.4, 0.5) is 0 Å². The molecule has 112 valence electrons. The van der Waals surface area contributed by atoms with E-state index in [9.17, 15) is 8.42 Å². The third kappa shape index (κ3) is 4.95. The molecule has 4 nitrogen and oxygen atoms in total. The molecule has 0 bridgehead atoms. The van der Waals surface area contributed by atoms with Gasteiger partial charge in [0.05, 0.1) is 4.90 Å². The standard InChI is InChI=1S/C15H15ClO4S/c1-21(17,18)15-8-6-14(7-9-15)20-11-10-19-13-4-2-12(16)3-5-13/h2-9H,10-11H2,1H3. The molecule has 2 rings (SSSR count). The van der Waals surface area contributed by atoms with Crippen molar-refractivity contribution >= 4 is 21.4 Å². The van der Waals surface area contributed by atoms with E-state index in [2.05, 4.69) is 0 Å². The molecule has 2 aromatic carbocycles. The van der Waals surface area contributed by atoms with Crippen molar-refractivity contribution in [3.05, 3.63) is 53.6 Å². The first kappa shape index (κ1) is 15.7. The number of ether oxygens (including phenoxy) is 2. The first-order chi connectivity index (χ1) is 9.95. The summed E-state index contributed by atoms with van der Waals surface area (Å²) in [6, 6.07) is 13.3. The Morgan fingerprint density at radius 3 is 1.71 bits per heavy atom. The van der Waals surface area contributed by atoms with E-state index < -0.39 is 9.84 Å². The Morgan fingerprint density at radius 1 is 0.857 bits per heavy atom. The van der Waals surface area contributed by atoms with Gasteiger partial charge in [-0.05, 0) is 48.5 Å². The molecule has 0 atom stereocenters. The Labute approximate surface area is 129 Å². The molecule has 0 amide bonds. The van der Waals surface area contributed by atoms with Gasteiger partial charge in [-0.2, -0.15) is 0 Å². The summed E-state index contributed by atoms with van der Waals surface area (Å²) in [5.74, 6) is 1.32. The minimum absolute atomic E-state index is 0.271. The number of rotatable bonds is 6. The molecule has 0 saturated carbocycles. The first-order valence-electron chi connectivity index (χ1n) is 6.26. The summed E-state index contributed by atoms with van der Waals surface area (Å²) in [6.45, 7) is 0.746. The van der Waals surface area contributed by atoms with Crippen LogP contribution in [0.5, 0.6) is 11.5 Å². The second-order valence-corrected chi connectivity index (χ2v) is 6.85. The maximum atomic E-state index is 11.3. The van der Waals surface area contributed by atoms with Crippen molar-refractivity contribution in [3.8, 4) is 11.5 Å². The summed E-state index contributed by atoms with van der Waals surface area (Å²) in [7, 11) is -3.18. The van der Waals surface area contributed by atoms with Crippen molar-refractivity contribution in [2.75, 3.05) is 19.5 Å². The molecular formula is C15H15ClO4S. The van der Waals surface area contributed by atoms with Crippen molar-refractivity contribution < 1.29 is 17.9 Å². The highest BCUT2D eigenvalue weighted by atomic mass is 35.5. The lowest BCUT2D eigenvalue weighted by Gasteiger charge is -2.08. The molecule has 0 spiro atoms. The molecule has 0 unspecified atom stereocenters. The van der Waals surface area contributed by atoms with Gasteiger partial charge in [-0.15, -0.1) is 0 Å². The quantitative estimate of drug-likeness (QED) is 0.765. The van der Waals surface area contributed by atoms with Crippen molar-refractivity contribution in [2.24, 2.45) is 0 Å². The van der Waals surface area contributed by atoms with Gasteiger partial charge in [0.25, 0.3) is 0 Å². The van der Waals surface area contributed by atoms with Crippen LogP contribution < -0.4 is 9.47 Å². The number of benzene rings is 2. The minimum Gasteiger partial charge on any atom is -0.490 e. The third-order valence-electron chi connectivity index (χ3n) is 2.69. The number of halogens is 1. The van der Waals surface area contributed by atoms with Crippen molar-refractivity contribution in [3.63, 3.8) is 0 Å². The predicted molar refractivity (Wildman–Crippen MR) is 82.0 cm³/mol. The Morgan fingerprint density at radius 2 is 1.29 bits per heavy atom. The van der Waals surface area contributed by atoms with Crippen molar-refractivity contribution in [1.82, 2.24) is 0 Å². The van der Waals surface area contributed by atoms with Crippen LogP contribution in [0.25, 0.3) is 0 Å². The number of sulfone groups is 1. The Balaban J connectivity index is 1.80. The van der Waals surface area contributed by atoms with Gasteiger partial charge in [0.15, 0.2) is 9.84 Å². The summed E-state index contributed by atoms with van der Waals surface area (Å²) >= 11 is 5.77. The van der Waals surface area contributed by atoms with E-state index in [1.807, 2.05) is 0 Å². The summed E-state index contributed by atoms with van der Waals surface area (Å²) in [4.78, 5) is 0.271. The molecule has 21 heavy (non-hydrogen) atoms. The van der Waals surface area contributed by atoms with E-state index in [0.29, 0.717) is 24.0 Å². The lowest BCUT2D eigenvalue weighted by atomic mass is 10.3. The zero-order chi connectivity index (χ0) is 15.3. The fourth-order valence-electron chi connectivity index (χ4n) is 1.63. The highest BCUT2D eigenvalue weighted by Gasteiger charge is 2.06. The topological polar surface area (TPSA) is 52.6 Å². The normalized spacial score (nSPS) is 11.1. The molecule has 0 aliphatic rings. The Kier molecular flexibility index (Phi) is 5.09. The first-order valence-corrected chi connectivity index (χ1v) is 8.53. The largest absolute Gasteiger partial charge is 0.490 e. The van der Waals surface area contributed by atoms with Gasteiger partial charge in [0.1, 0.15) is 24.7 Å². The van der Waals surface area contributed by atoms with E-state index in [0.717, 1.165) is 5.75 Å². The Hall–Kier alpha value is -1.72. The zero-order valence-corrected chi connectivity index (χ0v) is 13.0. The predicted octanol–water partition coefficient (Wildman–Crippen LogP) is 3.20. The van der Waals surface area contributed by atoms with Crippen molar-refractivity contribution in [2.45, 2.75) is 4.90 Å². The average Bonchev–Trinajstić information content (AvgIpc) is 2.45. The van der Waals surface area contributed by atoms with E-state index >= 15 is 0 Å². The van der Waals surface area contributed by atoms with Gasteiger partial charge >= 0.3 is 0 Å². The summed E-state index contributed by atoms with van der Waals surface area (Å²) in [6.07, 6.45) is 1.17. The van der Waals surface area contributed by atoms with Gasteiger partial charge in [-0.25, -0.2) is 8.42 Å². The van der Waals surface area contributed by atoms with Gasteiger partial charge < -0.3 is 9.47 Å². The van der Waals surface area contributed by atoms with Crippen LogP contribution in [0.15, 0.2) is 53.4 Å². The maximum Gasteiger partial charge on any atom is 0.175 e. The van der Waals surface area contributed by atoms with E-state index in [1.165, 1.54) is 18.4 Å². The van der Waals surface area contributed by atoms with E-state index in [1.54, 1.807) is 36.4 Å². The fraction of sp³-hybridized carbons (Fsp3) is 0.200. The molecule has 2 aromatic rings. The average molecular weight is 327 g/mol. The highest BCUT2D eigenvalue weighted by molar-refractivity contribution is 7.90. The molecule has 0 heterocycles. The monoisotopic (exact) mass is 326 g/mol. The van der Waals surface area contributed by atoms with Crippen LogP contribution in [0.1, 0.15) is 0 Å². The zero-order valence-electron chi connectivity index (χ0n) is 11.5. The highest BCUT2D eigenvalue weighted by Crippen LogP contribution is 2.17. The van der Waals surface area contributed by atoms with Gasteiger partial charge in [-0.3, -0.25) is 0 Å². The summed E-state index contributed by atoms with van der Waals surface area (Å²) in [5.41, 5.74) is 0. The molecule has 0 fully saturated rings. The molecule has 0 N–H and O–H groups in total. The van der Waals surface area contributed by atoms with Crippen LogP contribution >= 0.6 is 11.6 Å². The van der Waals surface area contributed by atoms with E-state index in [4.69, 9.17) is 21.1 Å². The molecule has 0 aliphatic carbocycles. The lowest BCUT2D eigenvalue weighted by molar-refractivity contribution is 0.217. The number of hydrogen-bond donors (Lipinski definition) is 0. The lowest BCUT2D eigenvalue weighted by Crippen LogP contribution is -2.09. The van der Waals surface area contributed by atoms with Crippen LogP contribution in [-0.2, 0) is 9.84 Å². The van der Waals surface area contributed by atoms with Crippen LogP contribution in [0, 0.1) is 0 Å².